The predicted octanol–water partition coefficient (Wildman–Crippen LogP) is 3.69. The maximum absolute atomic E-state index is 12.1. The highest BCUT2D eigenvalue weighted by molar-refractivity contribution is 8.00. The second-order valence-corrected chi connectivity index (χ2v) is 12.8. The van der Waals surface area contributed by atoms with Crippen LogP contribution in [0.5, 0.6) is 0 Å². The third-order valence-corrected chi connectivity index (χ3v) is 8.79. The van der Waals surface area contributed by atoms with Gasteiger partial charge in [0.25, 0.3) is 0 Å². The third kappa shape index (κ3) is 11.8. The van der Waals surface area contributed by atoms with E-state index in [0.29, 0.717) is 6.61 Å². The van der Waals surface area contributed by atoms with Gasteiger partial charge in [-0.25, -0.2) is 4.18 Å². The van der Waals surface area contributed by atoms with Gasteiger partial charge in [-0.15, -0.1) is 0 Å². The normalized spacial score (nSPS) is 20.6. The first-order valence-corrected chi connectivity index (χ1v) is 16.9. The first kappa shape index (κ1) is 35.0. The number of aliphatic hydroxyl groups is 1. The molecule has 1 heterocycles. The van der Waals surface area contributed by atoms with Gasteiger partial charge < -0.3 is 29.4 Å². The molecule has 1 amide bonds. The number of hydrogen-bond donors (Lipinski definition) is 3. The molecule has 0 saturated carbocycles. The average Bonchev–Trinajstić information content (AvgIpc) is 3.03. The fourth-order valence-electron chi connectivity index (χ4n) is 4.82. The number of amides is 1. The smallest absolute Gasteiger partial charge is 0.394 e. The second-order valence-electron chi connectivity index (χ2n) is 10.4. The van der Waals surface area contributed by atoms with Crippen LogP contribution >= 0.6 is 11.8 Å². The number of thioether (sulfide) groups is 1. The molecule has 3 aromatic carbocycles. The first-order chi connectivity index (χ1) is 21.7. The van der Waals surface area contributed by atoms with Crippen molar-refractivity contribution < 1.29 is 46.0 Å². The Morgan fingerprint density at radius 3 is 2.16 bits per heavy atom. The highest BCUT2D eigenvalue weighted by Crippen LogP contribution is 2.32. The van der Waals surface area contributed by atoms with Gasteiger partial charge in [-0.2, -0.15) is 20.2 Å². The first-order valence-electron chi connectivity index (χ1n) is 14.5. The summed E-state index contributed by atoms with van der Waals surface area (Å²) in [5.74, 6) is -0.160. The van der Waals surface area contributed by atoms with Crippen LogP contribution in [0.25, 0.3) is 0 Å². The fourth-order valence-corrected chi connectivity index (χ4v) is 6.69. The van der Waals surface area contributed by atoms with Crippen LogP contribution in [0.1, 0.15) is 29.9 Å². The van der Waals surface area contributed by atoms with E-state index in [1.807, 2.05) is 91.0 Å². The van der Waals surface area contributed by atoms with Crippen molar-refractivity contribution in [1.82, 2.24) is 5.32 Å². The number of rotatable bonds is 17. The molecule has 0 aliphatic carbocycles. The fraction of sp³-hybridized carbons (Fsp3) is 0.406. The van der Waals surface area contributed by atoms with Crippen LogP contribution in [-0.4, -0.2) is 79.2 Å². The topological polar surface area (TPSA) is 150 Å². The number of carbonyl (C=O) groups is 1. The van der Waals surface area contributed by atoms with E-state index in [2.05, 4.69) is 5.32 Å². The largest absolute Gasteiger partial charge is 0.397 e. The zero-order chi connectivity index (χ0) is 32.1. The van der Waals surface area contributed by atoms with Gasteiger partial charge in [-0.1, -0.05) is 91.0 Å². The lowest BCUT2D eigenvalue weighted by atomic mass is 10.1. The van der Waals surface area contributed by atoms with Crippen molar-refractivity contribution in [3.8, 4) is 0 Å². The van der Waals surface area contributed by atoms with E-state index < -0.39 is 52.9 Å². The summed E-state index contributed by atoms with van der Waals surface area (Å²) in [4.78, 5) is 12.1. The molecule has 0 bridgehead atoms. The van der Waals surface area contributed by atoms with E-state index in [1.165, 1.54) is 18.7 Å². The summed E-state index contributed by atoms with van der Waals surface area (Å²) in [5, 5.41) is 12.7. The van der Waals surface area contributed by atoms with E-state index in [0.717, 1.165) is 16.7 Å². The van der Waals surface area contributed by atoms with Crippen molar-refractivity contribution in [1.29, 1.82) is 0 Å². The second kappa shape index (κ2) is 17.7. The minimum atomic E-state index is -4.81. The van der Waals surface area contributed by atoms with E-state index in [-0.39, 0.29) is 31.5 Å². The molecule has 13 heteroatoms. The monoisotopic (exact) mass is 661 g/mol. The number of aliphatic hydroxyl groups excluding tert-OH is 1. The van der Waals surface area contributed by atoms with E-state index in [4.69, 9.17) is 23.1 Å². The van der Waals surface area contributed by atoms with E-state index in [1.54, 1.807) is 0 Å². The Kier molecular flexibility index (Phi) is 13.8. The predicted molar refractivity (Wildman–Crippen MR) is 168 cm³/mol. The van der Waals surface area contributed by atoms with E-state index >= 15 is 0 Å². The molecule has 11 nitrogen and oxygen atoms in total. The molecular weight excluding hydrogens is 622 g/mol. The van der Waals surface area contributed by atoms with Gasteiger partial charge in [0.15, 0.2) is 6.29 Å². The van der Waals surface area contributed by atoms with Gasteiger partial charge in [0, 0.05) is 18.2 Å². The quantitative estimate of drug-likeness (QED) is 0.182. The molecule has 1 saturated heterocycles. The van der Waals surface area contributed by atoms with Crippen LogP contribution in [0, 0.1) is 0 Å². The average molecular weight is 662 g/mol. The standard InChI is InChI=1S/C32H39NO10S2/c1-23(35)33-27(17-34)31(40-19-25-13-7-3-8-14-25)30(21-39-18-24-11-5-2-6-12-24)44-22-29-28(43-45(36,37)38)20-41-32(42-29)26-15-9-4-10-16-26/h2-16,27-32,34H,17-22H2,1H3,(H,33,35)(H,36,37,38)/t27-,28+,29-,30-,31+,32?/m1/s1. The molecule has 3 N–H and O–H groups in total. The Morgan fingerprint density at radius 1 is 0.978 bits per heavy atom. The lowest BCUT2D eigenvalue weighted by molar-refractivity contribution is -0.245. The van der Waals surface area contributed by atoms with Gasteiger partial charge in [0.05, 0.1) is 50.4 Å². The van der Waals surface area contributed by atoms with Crippen molar-refractivity contribution >= 4 is 28.1 Å². The van der Waals surface area contributed by atoms with Crippen molar-refractivity contribution in [3.05, 3.63) is 108 Å². The molecule has 1 aliphatic heterocycles. The van der Waals surface area contributed by atoms with Crippen LogP contribution in [0.2, 0.25) is 0 Å². The lowest BCUT2D eigenvalue weighted by Crippen LogP contribution is -2.52. The number of ether oxygens (including phenoxy) is 4. The Morgan fingerprint density at radius 2 is 1.58 bits per heavy atom. The molecule has 6 atom stereocenters. The number of hydrogen-bond acceptors (Lipinski definition) is 10. The summed E-state index contributed by atoms with van der Waals surface area (Å²) < 4.78 is 62.2. The SMILES string of the molecule is CC(=O)N[C@H](CO)[C@H](OCc1ccccc1)[C@@H](COCc1ccccc1)SC[C@H]1OC(c2ccccc2)OC[C@@H]1OS(=O)(=O)O. The van der Waals surface area contributed by atoms with Gasteiger partial charge in [-0.05, 0) is 11.1 Å². The molecular formula is C32H39NO10S2. The summed E-state index contributed by atoms with van der Waals surface area (Å²) in [5.41, 5.74) is 2.59. The van der Waals surface area contributed by atoms with Crippen molar-refractivity contribution in [2.75, 3.05) is 25.6 Å². The van der Waals surface area contributed by atoms with Crippen LogP contribution in [0.3, 0.4) is 0 Å². The molecule has 0 radical (unpaired) electrons. The Hall–Kier alpha value is -2.85. The number of benzene rings is 3. The molecule has 0 spiro atoms. The lowest BCUT2D eigenvalue weighted by Gasteiger charge is -2.37. The van der Waals surface area contributed by atoms with Gasteiger partial charge in [0.1, 0.15) is 12.2 Å². The molecule has 1 aliphatic rings. The highest BCUT2D eigenvalue weighted by Gasteiger charge is 2.39. The molecule has 3 aromatic rings. The number of nitrogens with one attached hydrogen (secondary N) is 1. The summed E-state index contributed by atoms with van der Waals surface area (Å²) in [6, 6.07) is 27.5. The molecule has 1 fully saturated rings. The minimum absolute atomic E-state index is 0.154. The highest BCUT2D eigenvalue weighted by atomic mass is 32.3. The van der Waals surface area contributed by atoms with Gasteiger partial charge >= 0.3 is 10.4 Å². The zero-order valence-electron chi connectivity index (χ0n) is 24.8. The van der Waals surface area contributed by atoms with Crippen LogP contribution in [-0.2, 0) is 51.5 Å². The maximum atomic E-state index is 12.1. The van der Waals surface area contributed by atoms with E-state index in [9.17, 15) is 22.9 Å². The molecule has 244 valence electrons. The third-order valence-electron chi connectivity index (χ3n) is 6.94. The number of carbonyl (C=O) groups excluding carboxylic acids is 1. The Balaban J connectivity index is 1.57. The summed E-state index contributed by atoms with van der Waals surface area (Å²) in [6.07, 6.45) is -3.49. The zero-order valence-corrected chi connectivity index (χ0v) is 26.5. The Labute approximate surface area is 268 Å². The van der Waals surface area contributed by atoms with Crippen LogP contribution in [0.15, 0.2) is 91.0 Å². The summed E-state index contributed by atoms with van der Waals surface area (Å²) in [6.45, 7) is 1.49. The van der Waals surface area contributed by atoms with Gasteiger partial charge in [-0.3, -0.25) is 9.35 Å². The van der Waals surface area contributed by atoms with Crippen molar-refractivity contribution in [3.63, 3.8) is 0 Å². The molecule has 1 unspecified atom stereocenters. The summed E-state index contributed by atoms with van der Waals surface area (Å²) in [7, 11) is -4.81. The van der Waals surface area contributed by atoms with Crippen molar-refractivity contribution in [2.24, 2.45) is 0 Å². The minimum Gasteiger partial charge on any atom is -0.394 e. The van der Waals surface area contributed by atoms with Crippen LogP contribution < -0.4 is 5.32 Å². The van der Waals surface area contributed by atoms with Gasteiger partial charge in [0.2, 0.25) is 5.91 Å². The van der Waals surface area contributed by atoms with Crippen molar-refractivity contribution in [2.45, 2.75) is 56.0 Å². The molecule has 4 rings (SSSR count). The Bertz CT molecular complexity index is 1400. The van der Waals surface area contributed by atoms with Crippen LogP contribution in [0.4, 0.5) is 0 Å². The molecule has 45 heavy (non-hydrogen) atoms. The summed E-state index contributed by atoms with van der Waals surface area (Å²) >= 11 is 1.35. The maximum Gasteiger partial charge on any atom is 0.397 e. The molecule has 0 aromatic heterocycles.